The molecule has 0 aliphatic heterocycles. The van der Waals surface area contributed by atoms with Gasteiger partial charge < -0.3 is 18.9 Å². The summed E-state index contributed by atoms with van der Waals surface area (Å²) >= 11 is 0. The van der Waals surface area contributed by atoms with Gasteiger partial charge in [-0.15, -0.1) is 0 Å². The van der Waals surface area contributed by atoms with Crippen molar-refractivity contribution < 1.29 is 18.8 Å². The molecule has 0 saturated heterocycles. The Labute approximate surface area is 205 Å². The summed E-state index contributed by atoms with van der Waals surface area (Å²) in [6.45, 7) is 4.46. The molecule has 0 aliphatic carbocycles. The second kappa shape index (κ2) is 10.9. The van der Waals surface area contributed by atoms with Crippen LogP contribution in [0.4, 0.5) is 0 Å². The molecule has 3 aromatic carbocycles. The lowest BCUT2D eigenvalue weighted by Gasteiger charge is -2.29. The number of carbonyl (C=O) groups is 1. The third kappa shape index (κ3) is 5.51. The molecule has 1 aromatic heterocycles. The van der Waals surface area contributed by atoms with E-state index >= 15 is 0 Å². The molecule has 1 atom stereocenters. The summed E-state index contributed by atoms with van der Waals surface area (Å²) in [5, 5.41) is 4.13. The average Bonchev–Trinajstić information content (AvgIpc) is 3.38. The van der Waals surface area contributed by atoms with Crippen molar-refractivity contribution in [1.82, 2.24) is 15.0 Å². The van der Waals surface area contributed by atoms with Gasteiger partial charge in [0.05, 0.1) is 20.3 Å². The van der Waals surface area contributed by atoms with Crippen molar-refractivity contribution in [2.45, 2.75) is 26.3 Å². The van der Waals surface area contributed by atoms with Crippen LogP contribution in [0.25, 0.3) is 11.4 Å². The van der Waals surface area contributed by atoms with Gasteiger partial charge in [0.15, 0.2) is 11.5 Å². The van der Waals surface area contributed by atoms with E-state index in [1.54, 1.807) is 26.4 Å². The summed E-state index contributed by atoms with van der Waals surface area (Å²) in [5.41, 5.74) is 3.57. The molecule has 0 bridgehead atoms. The van der Waals surface area contributed by atoms with Crippen molar-refractivity contribution in [1.29, 1.82) is 0 Å². The lowest BCUT2D eigenvalue weighted by atomic mass is 10.0. The molecule has 0 saturated carbocycles. The molecule has 1 amide bonds. The maximum Gasteiger partial charge on any atom is 0.254 e. The summed E-state index contributed by atoms with van der Waals surface area (Å²) in [4.78, 5) is 19.9. The largest absolute Gasteiger partial charge is 0.493 e. The molecule has 0 radical (unpaired) electrons. The van der Waals surface area contributed by atoms with Crippen LogP contribution in [0.5, 0.6) is 11.5 Å². The first-order valence-electron chi connectivity index (χ1n) is 11.5. The summed E-state index contributed by atoms with van der Waals surface area (Å²) in [5.74, 6) is 2.08. The molecule has 35 heavy (non-hydrogen) atoms. The Balaban J connectivity index is 1.55. The number of ether oxygens (including phenoxy) is 2. The second-order valence-electron chi connectivity index (χ2n) is 8.28. The Bertz CT molecular complexity index is 1270. The van der Waals surface area contributed by atoms with Gasteiger partial charge in [-0.25, -0.2) is 0 Å². The molecule has 180 valence electrons. The van der Waals surface area contributed by atoms with E-state index in [0.717, 1.165) is 16.7 Å². The fraction of sp³-hybridized carbons (Fsp3) is 0.250. The van der Waals surface area contributed by atoms with Gasteiger partial charge in [-0.05, 0) is 49.7 Å². The Morgan fingerprint density at radius 3 is 2.37 bits per heavy atom. The molecule has 1 heterocycles. The van der Waals surface area contributed by atoms with Crippen LogP contribution in [0, 0.1) is 6.92 Å². The molecule has 4 aromatic rings. The molecule has 7 nitrogen and oxygen atoms in total. The first-order chi connectivity index (χ1) is 17.0. The second-order valence-corrected chi connectivity index (χ2v) is 8.28. The molecule has 0 N–H and O–H groups in total. The van der Waals surface area contributed by atoms with E-state index in [2.05, 4.69) is 10.1 Å². The Morgan fingerprint density at radius 2 is 1.69 bits per heavy atom. The van der Waals surface area contributed by atoms with Crippen molar-refractivity contribution in [2.24, 2.45) is 0 Å². The van der Waals surface area contributed by atoms with Gasteiger partial charge in [0.1, 0.15) is 0 Å². The molecule has 0 fully saturated rings. The molecule has 4 rings (SSSR count). The predicted octanol–water partition coefficient (Wildman–Crippen LogP) is 5.51. The van der Waals surface area contributed by atoms with Crippen LogP contribution in [0.15, 0.2) is 77.3 Å². The van der Waals surface area contributed by atoms with Crippen LogP contribution in [-0.4, -0.2) is 41.7 Å². The molecule has 0 aliphatic rings. The minimum absolute atomic E-state index is 0.0408. The van der Waals surface area contributed by atoms with Crippen LogP contribution in [0.3, 0.4) is 0 Å². The van der Waals surface area contributed by atoms with Crippen molar-refractivity contribution in [3.63, 3.8) is 0 Å². The maximum absolute atomic E-state index is 13.5. The van der Waals surface area contributed by atoms with Crippen molar-refractivity contribution in [3.05, 3.63) is 95.4 Å². The number of hydrogen-bond acceptors (Lipinski definition) is 6. The highest BCUT2D eigenvalue weighted by Crippen LogP contribution is 2.31. The number of nitrogens with zero attached hydrogens (tertiary/aromatic N) is 3. The maximum atomic E-state index is 13.5. The zero-order chi connectivity index (χ0) is 24.8. The quantitative estimate of drug-likeness (QED) is 0.320. The summed E-state index contributed by atoms with van der Waals surface area (Å²) in [7, 11) is 3.17. The van der Waals surface area contributed by atoms with Crippen molar-refractivity contribution in [3.8, 4) is 22.9 Å². The van der Waals surface area contributed by atoms with Gasteiger partial charge in [-0.1, -0.05) is 53.2 Å². The third-order valence-corrected chi connectivity index (χ3v) is 5.99. The van der Waals surface area contributed by atoms with Gasteiger partial charge in [-0.3, -0.25) is 4.79 Å². The summed E-state index contributed by atoms with van der Waals surface area (Å²) in [6, 6.07) is 22.9. The Hall–Kier alpha value is -4.13. The zero-order valence-corrected chi connectivity index (χ0v) is 20.4. The van der Waals surface area contributed by atoms with Gasteiger partial charge in [0.2, 0.25) is 11.7 Å². The number of methoxy groups -OCH3 is 2. The number of aromatic nitrogens is 2. The standard InChI is InChI=1S/C28H29N3O4/c1-19-10-12-22(13-11-19)28(32)31(20(2)21-8-6-5-7-9-21)17-16-26-29-27(30-35-26)23-14-15-24(33-3)25(18-23)34-4/h5-15,18,20H,16-17H2,1-4H3. The SMILES string of the molecule is COc1ccc(-c2noc(CCN(C(=O)c3ccc(C)cc3)C(C)c3ccccc3)n2)cc1OC. The molecule has 7 heteroatoms. The average molecular weight is 472 g/mol. The number of benzene rings is 3. The van der Waals surface area contributed by atoms with Crippen LogP contribution >= 0.6 is 0 Å². The minimum Gasteiger partial charge on any atom is -0.493 e. The smallest absolute Gasteiger partial charge is 0.254 e. The molecule has 0 spiro atoms. The summed E-state index contributed by atoms with van der Waals surface area (Å²) in [6.07, 6.45) is 0.426. The summed E-state index contributed by atoms with van der Waals surface area (Å²) < 4.78 is 16.2. The van der Waals surface area contributed by atoms with Crippen LogP contribution < -0.4 is 9.47 Å². The molecular weight excluding hydrogens is 442 g/mol. The Morgan fingerprint density at radius 1 is 0.971 bits per heavy atom. The van der Waals surface area contributed by atoms with Gasteiger partial charge in [-0.2, -0.15) is 4.98 Å². The Kier molecular flexibility index (Phi) is 7.45. The predicted molar refractivity (Wildman–Crippen MR) is 134 cm³/mol. The van der Waals surface area contributed by atoms with E-state index in [-0.39, 0.29) is 11.9 Å². The van der Waals surface area contributed by atoms with Gasteiger partial charge in [0.25, 0.3) is 5.91 Å². The highest BCUT2D eigenvalue weighted by Gasteiger charge is 2.24. The van der Waals surface area contributed by atoms with E-state index in [1.165, 1.54) is 0 Å². The zero-order valence-electron chi connectivity index (χ0n) is 20.4. The highest BCUT2D eigenvalue weighted by atomic mass is 16.5. The van der Waals surface area contributed by atoms with Crippen molar-refractivity contribution >= 4 is 5.91 Å². The fourth-order valence-electron chi connectivity index (χ4n) is 3.91. The lowest BCUT2D eigenvalue weighted by molar-refractivity contribution is 0.0689. The third-order valence-electron chi connectivity index (χ3n) is 5.99. The monoisotopic (exact) mass is 471 g/mol. The fourth-order valence-corrected chi connectivity index (χ4v) is 3.91. The highest BCUT2D eigenvalue weighted by molar-refractivity contribution is 5.94. The minimum atomic E-state index is -0.127. The number of amides is 1. The van der Waals surface area contributed by atoms with E-state index in [0.29, 0.717) is 41.7 Å². The number of rotatable bonds is 9. The topological polar surface area (TPSA) is 77.7 Å². The van der Waals surface area contributed by atoms with Crippen molar-refractivity contribution in [2.75, 3.05) is 20.8 Å². The lowest BCUT2D eigenvalue weighted by Crippen LogP contribution is -2.35. The van der Waals surface area contributed by atoms with E-state index in [9.17, 15) is 4.79 Å². The van der Waals surface area contributed by atoms with E-state index < -0.39 is 0 Å². The first kappa shape index (κ1) is 24.0. The van der Waals surface area contributed by atoms with Crippen LogP contribution in [0.1, 0.15) is 40.3 Å². The normalized spacial score (nSPS) is 11.7. The van der Waals surface area contributed by atoms with E-state index in [4.69, 9.17) is 14.0 Å². The van der Waals surface area contributed by atoms with Gasteiger partial charge >= 0.3 is 0 Å². The number of hydrogen-bond donors (Lipinski definition) is 0. The van der Waals surface area contributed by atoms with Gasteiger partial charge in [0, 0.05) is 24.1 Å². The molecular formula is C28H29N3O4. The molecule has 1 unspecified atom stereocenters. The van der Waals surface area contributed by atoms with Crippen LogP contribution in [0.2, 0.25) is 0 Å². The first-order valence-corrected chi connectivity index (χ1v) is 11.5. The van der Waals surface area contributed by atoms with E-state index in [1.807, 2.05) is 79.4 Å². The number of carbonyl (C=O) groups excluding carboxylic acids is 1. The van der Waals surface area contributed by atoms with Crippen LogP contribution in [-0.2, 0) is 6.42 Å². The number of aryl methyl sites for hydroxylation is 1.